The van der Waals surface area contributed by atoms with Crippen LogP contribution in [0.5, 0.6) is 0 Å². The average molecular weight is 285 g/mol. The third-order valence-electron chi connectivity index (χ3n) is 2.31. The summed E-state index contributed by atoms with van der Waals surface area (Å²) < 4.78 is 37.0. The molecule has 0 spiro atoms. The van der Waals surface area contributed by atoms with Gasteiger partial charge in [-0.25, -0.2) is 4.98 Å². The number of hydrazone groups is 1. The summed E-state index contributed by atoms with van der Waals surface area (Å²) in [6, 6.07) is 6.01. The van der Waals surface area contributed by atoms with Crippen LogP contribution in [0.15, 0.2) is 40.9 Å². The van der Waals surface area contributed by atoms with E-state index in [9.17, 15) is 13.2 Å². The average Bonchev–Trinajstić information content (AvgIpc) is 2.89. The minimum absolute atomic E-state index is 0.268. The highest BCUT2D eigenvalue weighted by molar-refractivity contribution is 7.12. The molecule has 2 rings (SSSR count). The lowest BCUT2D eigenvalue weighted by Gasteiger charge is -2.06. The van der Waals surface area contributed by atoms with Gasteiger partial charge < -0.3 is 0 Å². The first-order valence-electron chi connectivity index (χ1n) is 5.34. The Kier molecular flexibility index (Phi) is 3.84. The van der Waals surface area contributed by atoms with Crippen LogP contribution >= 0.6 is 11.3 Å². The molecule has 7 heteroatoms. The smallest absolute Gasteiger partial charge is 0.261 e. The van der Waals surface area contributed by atoms with Crippen LogP contribution in [0.3, 0.4) is 0 Å². The molecule has 0 bridgehead atoms. The number of pyridine rings is 1. The lowest BCUT2D eigenvalue weighted by molar-refractivity contribution is -0.137. The van der Waals surface area contributed by atoms with Crippen molar-refractivity contribution in [2.45, 2.75) is 13.1 Å². The first kappa shape index (κ1) is 13.5. The van der Waals surface area contributed by atoms with E-state index in [0.717, 1.165) is 22.9 Å². The molecule has 0 amide bonds. The maximum Gasteiger partial charge on any atom is 0.417 e. The highest BCUT2D eigenvalue weighted by Gasteiger charge is 2.30. The monoisotopic (exact) mass is 285 g/mol. The summed E-state index contributed by atoms with van der Waals surface area (Å²) >= 11 is 1.53. The fourth-order valence-electron chi connectivity index (χ4n) is 1.31. The number of nitrogens with one attached hydrogen (secondary N) is 1. The summed E-state index contributed by atoms with van der Waals surface area (Å²) in [4.78, 5) is 4.65. The number of alkyl halides is 3. The number of nitrogens with zero attached hydrogens (tertiary/aromatic N) is 2. The fourth-order valence-corrected chi connectivity index (χ4v) is 1.99. The molecule has 0 atom stereocenters. The van der Waals surface area contributed by atoms with Gasteiger partial charge in [0, 0.05) is 11.1 Å². The standard InChI is InChI=1S/C12H10F3N3S/c1-8(10-3-2-6-19-10)17-18-11-5-4-9(7-16-11)12(13,14)15/h2-7H,1H3,(H,16,18)/b17-8-. The zero-order valence-electron chi connectivity index (χ0n) is 9.90. The molecular formula is C12H10F3N3S. The van der Waals surface area contributed by atoms with Crippen LogP contribution in [-0.2, 0) is 6.18 Å². The van der Waals surface area contributed by atoms with Gasteiger partial charge in [-0.05, 0) is 30.5 Å². The van der Waals surface area contributed by atoms with Gasteiger partial charge in [-0.15, -0.1) is 11.3 Å². The van der Waals surface area contributed by atoms with Crippen LogP contribution in [0.2, 0.25) is 0 Å². The highest BCUT2D eigenvalue weighted by Crippen LogP contribution is 2.28. The van der Waals surface area contributed by atoms with E-state index in [-0.39, 0.29) is 5.82 Å². The second kappa shape index (κ2) is 5.40. The van der Waals surface area contributed by atoms with Crippen molar-refractivity contribution in [1.29, 1.82) is 0 Å². The van der Waals surface area contributed by atoms with Crippen molar-refractivity contribution in [3.8, 4) is 0 Å². The zero-order chi connectivity index (χ0) is 13.9. The molecular weight excluding hydrogens is 275 g/mol. The number of aromatic nitrogens is 1. The van der Waals surface area contributed by atoms with Gasteiger partial charge in [0.15, 0.2) is 0 Å². The van der Waals surface area contributed by atoms with Crippen molar-refractivity contribution < 1.29 is 13.2 Å². The molecule has 0 aliphatic rings. The Balaban J connectivity index is 2.06. The van der Waals surface area contributed by atoms with Crippen LogP contribution in [0.1, 0.15) is 17.4 Å². The second-order valence-electron chi connectivity index (χ2n) is 3.72. The third kappa shape index (κ3) is 3.54. The van der Waals surface area contributed by atoms with Gasteiger partial charge in [-0.3, -0.25) is 5.43 Å². The third-order valence-corrected chi connectivity index (χ3v) is 3.29. The Hall–Kier alpha value is -1.89. The first-order chi connectivity index (χ1) is 8.97. The molecule has 0 fully saturated rings. The van der Waals surface area contributed by atoms with Crippen LogP contribution in [0.4, 0.5) is 19.0 Å². The Labute approximate surface area is 111 Å². The van der Waals surface area contributed by atoms with Crippen LogP contribution in [-0.4, -0.2) is 10.7 Å². The van der Waals surface area contributed by atoms with Crippen LogP contribution in [0, 0.1) is 0 Å². The number of thiophene rings is 1. The Morgan fingerprint density at radius 1 is 1.32 bits per heavy atom. The Bertz CT molecular complexity index is 559. The predicted octanol–water partition coefficient (Wildman–Crippen LogP) is 4.00. The fraction of sp³-hybridized carbons (Fsp3) is 0.167. The number of rotatable bonds is 3. The van der Waals surface area contributed by atoms with E-state index in [2.05, 4.69) is 15.5 Å². The molecule has 1 N–H and O–H groups in total. The SMILES string of the molecule is C/C(=N/Nc1ccc(C(F)(F)F)cn1)c1cccs1. The maximum absolute atomic E-state index is 12.3. The minimum atomic E-state index is -4.37. The van der Waals surface area contributed by atoms with Gasteiger partial charge in [0.05, 0.1) is 11.3 Å². The van der Waals surface area contributed by atoms with E-state index in [4.69, 9.17) is 0 Å². The quantitative estimate of drug-likeness (QED) is 0.683. The number of hydrogen-bond donors (Lipinski definition) is 1. The van der Waals surface area contributed by atoms with Gasteiger partial charge in [0.1, 0.15) is 5.82 Å². The van der Waals surface area contributed by atoms with E-state index in [1.54, 1.807) is 0 Å². The Morgan fingerprint density at radius 3 is 2.63 bits per heavy atom. The van der Waals surface area contributed by atoms with Crippen molar-refractivity contribution in [3.05, 3.63) is 46.3 Å². The molecule has 2 aromatic rings. The molecule has 19 heavy (non-hydrogen) atoms. The minimum Gasteiger partial charge on any atom is -0.261 e. The van der Waals surface area contributed by atoms with Gasteiger partial charge >= 0.3 is 6.18 Å². The lowest BCUT2D eigenvalue weighted by atomic mass is 10.3. The zero-order valence-corrected chi connectivity index (χ0v) is 10.7. The van der Waals surface area contributed by atoms with Gasteiger partial charge in [-0.1, -0.05) is 6.07 Å². The number of hydrogen-bond acceptors (Lipinski definition) is 4. The van der Waals surface area contributed by atoms with Crippen molar-refractivity contribution in [2.75, 3.05) is 5.43 Å². The summed E-state index contributed by atoms with van der Waals surface area (Å²) in [6.45, 7) is 1.81. The molecule has 0 radical (unpaired) electrons. The second-order valence-corrected chi connectivity index (χ2v) is 4.66. The van der Waals surface area contributed by atoms with Gasteiger partial charge in [0.2, 0.25) is 0 Å². The molecule has 0 aromatic carbocycles. The first-order valence-corrected chi connectivity index (χ1v) is 6.22. The molecule has 2 heterocycles. The summed E-state index contributed by atoms with van der Waals surface area (Å²) in [5, 5.41) is 5.98. The van der Waals surface area contributed by atoms with E-state index >= 15 is 0 Å². The van der Waals surface area contributed by atoms with Gasteiger partial charge in [0.25, 0.3) is 0 Å². The number of anilines is 1. The molecule has 0 aliphatic carbocycles. The molecule has 0 aliphatic heterocycles. The highest BCUT2D eigenvalue weighted by atomic mass is 32.1. The summed E-state index contributed by atoms with van der Waals surface area (Å²) in [6.07, 6.45) is -3.60. The molecule has 3 nitrogen and oxygen atoms in total. The molecule has 2 aromatic heterocycles. The summed E-state index contributed by atoms with van der Waals surface area (Å²) in [7, 11) is 0. The van der Waals surface area contributed by atoms with Crippen LogP contribution in [0.25, 0.3) is 0 Å². The Morgan fingerprint density at radius 2 is 2.11 bits per heavy atom. The number of halogens is 3. The van der Waals surface area contributed by atoms with Crippen molar-refractivity contribution in [3.63, 3.8) is 0 Å². The molecule has 0 unspecified atom stereocenters. The van der Waals surface area contributed by atoms with E-state index in [0.29, 0.717) is 0 Å². The summed E-state index contributed by atoms with van der Waals surface area (Å²) in [5.41, 5.74) is 2.59. The van der Waals surface area contributed by atoms with Crippen molar-refractivity contribution in [2.24, 2.45) is 5.10 Å². The normalized spacial score (nSPS) is 12.5. The molecule has 0 saturated carbocycles. The van der Waals surface area contributed by atoms with Crippen molar-refractivity contribution >= 4 is 22.9 Å². The van der Waals surface area contributed by atoms with Gasteiger partial charge in [-0.2, -0.15) is 18.3 Å². The van der Waals surface area contributed by atoms with E-state index in [1.165, 1.54) is 17.4 Å². The molecule has 0 saturated heterocycles. The van der Waals surface area contributed by atoms with E-state index < -0.39 is 11.7 Å². The predicted molar refractivity (Wildman–Crippen MR) is 69.4 cm³/mol. The largest absolute Gasteiger partial charge is 0.417 e. The van der Waals surface area contributed by atoms with Crippen molar-refractivity contribution in [1.82, 2.24) is 4.98 Å². The maximum atomic E-state index is 12.3. The topological polar surface area (TPSA) is 37.3 Å². The van der Waals surface area contributed by atoms with E-state index in [1.807, 2.05) is 24.4 Å². The van der Waals surface area contributed by atoms with Crippen LogP contribution < -0.4 is 5.43 Å². The lowest BCUT2D eigenvalue weighted by Crippen LogP contribution is -2.06. The molecule has 100 valence electrons. The summed E-state index contributed by atoms with van der Waals surface area (Å²) in [5.74, 6) is 0.268.